The quantitative estimate of drug-likeness (QED) is 0.625. The Bertz CT molecular complexity index is 533. The zero-order chi connectivity index (χ0) is 13.0. The summed E-state index contributed by atoms with van der Waals surface area (Å²) in [7, 11) is 0. The van der Waals surface area contributed by atoms with Crippen molar-refractivity contribution < 1.29 is 4.92 Å². The van der Waals surface area contributed by atoms with Gasteiger partial charge in [-0.15, -0.1) is 0 Å². The zero-order valence-corrected chi connectivity index (χ0v) is 10.0. The summed E-state index contributed by atoms with van der Waals surface area (Å²) in [6.45, 7) is 3.63. The Balaban J connectivity index is 2.25. The first-order valence-corrected chi connectivity index (χ1v) is 5.70. The summed E-state index contributed by atoms with van der Waals surface area (Å²) < 4.78 is 0. The molecule has 1 aromatic heterocycles. The molecule has 0 saturated heterocycles. The minimum atomic E-state index is -0.406. The first-order valence-electron chi connectivity index (χ1n) is 5.70. The second-order valence-electron chi connectivity index (χ2n) is 3.85. The van der Waals surface area contributed by atoms with Crippen LogP contribution >= 0.6 is 0 Å². The van der Waals surface area contributed by atoms with Gasteiger partial charge in [0.25, 0.3) is 5.69 Å². The summed E-state index contributed by atoms with van der Waals surface area (Å²) in [5, 5.41) is 20.7. The topological polar surface area (TPSA) is 83.8 Å². The van der Waals surface area contributed by atoms with Crippen LogP contribution in [0.3, 0.4) is 0 Å². The van der Waals surface area contributed by atoms with Crippen molar-refractivity contribution in [3.05, 3.63) is 46.1 Å². The SMILES string of the molecule is CCNCc1cn[nH]c1-c1ccc([N+](=O)[O-])cc1. The molecule has 1 aromatic carbocycles. The van der Waals surface area contributed by atoms with Gasteiger partial charge in [0.1, 0.15) is 0 Å². The van der Waals surface area contributed by atoms with Crippen molar-refractivity contribution in [2.24, 2.45) is 0 Å². The number of nitro benzene ring substituents is 1. The molecule has 0 radical (unpaired) electrons. The summed E-state index contributed by atoms with van der Waals surface area (Å²) >= 11 is 0. The number of benzene rings is 1. The summed E-state index contributed by atoms with van der Waals surface area (Å²) in [6.07, 6.45) is 1.76. The van der Waals surface area contributed by atoms with Crippen LogP contribution in [0.15, 0.2) is 30.5 Å². The summed E-state index contributed by atoms with van der Waals surface area (Å²) in [6, 6.07) is 6.43. The van der Waals surface area contributed by atoms with Crippen molar-refractivity contribution in [3.63, 3.8) is 0 Å². The number of hydrogen-bond donors (Lipinski definition) is 2. The number of aromatic amines is 1. The molecule has 6 heteroatoms. The number of nitrogens with zero attached hydrogens (tertiary/aromatic N) is 2. The first-order chi connectivity index (χ1) is 8.72. The molecule has 0 aliphatic carbocycles. The van der Waals surface area contributed by atoms with E-state index in [0.29, 0.717) is 0 Å². The van der Waals surface area contributed by atoms with Crippen LogP contribution in [-0.4, -0.2) is 21.7 Å². The number of aromatic nitrogens is 2. The van der Waals surface area contributed by atoms with Gasteiger partial charge in [-0.25, -0.2) is 0 Å². The van der Waals surface area contributed by atoms with Gasteiger partial charge in [0.05, 0.1) is 16.8 Å². The van der Waals surface area contributed by atoms with Gasteiger partial charge in [-0.2, -0.15) is 5.10 Å². The third-order valence-electron chi connectivity index (χ3n) is 2.65. The molecule has 0 spiro atoms. The number of nitro groups is 1. The van der Waals surface area contributed by atoms with E-state index in [1.165, 1.54) is 12.1 Å². The Morgan fingerprint density at radius 1 is 1.39 bits per heavy atom. The molecule has 6 nitrogen and oxygen atoms in total. The lowest BCUT2D eigenvalue weighted by molar-refractivity contribution is -0.384. The van der Waals surface area contributed by atoms with Crippen molar-refractivity contribution in [2.75, 3.05) is 6.54 Å². The molecule has 2 rings (SSSR count). The van der Waals surface area contributed by atoms with Crippen molar-refractivity contribution >= 4 is 5.69 Å². The van der Waals surface area contributed by atoms with E-state index >= 15 is 0 Å². The van der Waals surface area contributed by atoms with Gasteiger partial charge in [-0.3, -0.25) is 15.2 Å². The molecule has 18 heavy (non-hydrogen) atoms. The zero-order valence-electron chi connectivity index (χ0n) is 10.0. The monoisotopic (exact) mass is 246 g/mol. The van der Waals surface area contributed by atoms with Crippen LogP contribution in [0, 0.1) is 10.1 Å². The van der Waals surface area contributed by atoms with Crippen molar-refractivity contribution in [1.29, 1.82) is 0 Å². The Morgan fingerprint density at radius 2 is 2.11 bits per heavy atom. The largest absolute Gasteiger partial charge is 0.313 e. The van der Waals surface area contributed by atoms with E-state index in [2.05, 4.69) is 15.5 Å². The van der Waals surface area contributed by atoms with Crippen LogP contribution in [0.5, 0.6) is 0 Å². The maximum atomic E-state index is 10.6. The van der Waals surface area contributed by atoms with Crippen LogP contribution in [0.25, 0.3) is 11.3 Å². The molecule has 2 N–H and O–H groups in total. The minimum Gasteiger partial charge on any atom is -0.313 e. The molecule has 1 heterocycles. The van der Waals surface area contributed by atoms with Gasteiger partial charge in [0.2, 0.25) is 0 Å². The minimum absolute atomic E-state index is 0.0894. The predicted octanol–water partition coefficient (Wildman–Crippen LogP) is 2.09. The Kier molecular flexibility index (Phi) is 3.69. The standard InChI is InChI=1S/C12H14N4O2/c1-2-13-7-10-8-14-15-12(10)9-3-5-11(6-4-9)16(17)18/h3-6,8,13H,2,7H2,1H3,(H,14,15). The molecular weight excluding hydrogens is 232 g/mol. The van der Waals surface area contributed by atoms with E-state index in [-0.39, 0.29) is 5.69 Å². The molecule has 0 saturated carbocycles. The number of H-pyrrole nitrogens is 1. The fourth-order valence-electron chi connectivity index (χ4n) is 1.70. The van der Waals surface area contributed by atoms with Gasteiger partial charge < -0.3 is 5.32 Å². The number of nitrogens with one attached hydrogen (secondary N) is 2. The van der Waals surface area contributed by atoms with Crippen molar-refractivity contribution in [3.8, 4) is 11.3 Å². The summed E-state index contributed by atoms with van der Waals surface area (Å²) in [5.41, 5.74) is 2.93. The van der Waals surface area contributed by atoms with Gasteiger partial charge >= 0.3 is 0 Å². The van der Waals surface area contributed by atoms with E-state index in [9.17, 15) is 10.1 Å². The van der Waals surface area contributed by atoms with Crippen LogP contribution in [0.1, 0.15) is 12.5 Å². The maximum Gasteiger partial charge on any atom is 0.269 e. The smallest absolute Gasteiger partial charge is 0.269 e. The molecule has 0 aliphatic rings. The van der Waals surface area contributed by atoms with E-state index < -0.39 is 4.92 Å². The van der Waals surface area contributed by atoms with Crippen LogP contribution in [0.2, 0.25) is 0 Å². The number of non-ortho nitro benzene ring substituents is 1. The molecule has 0 fully saturated rings. The van der Waals surface area contributed by atoms with Gasteiger partial charge in [0.15, 0.2) is 0 Å². The van der Waals surface area contributed by atoms with E-state index in [1.54, 1.807) is 18.3 Å². The number of rotatable bonds is 5. The second kappa shape index (κ2) is 5.42. The lowest BCUT2D eigenvalue weighted by Crippen LogP contribution is -2.11. The second-order valence-corrected chi connectivity index (χ2v) is 3.85. The Hall–Kier alpha value is -2.21. The van der Waals surface area contributed by atoms with Crippen LogP contribution in [-0.2, 0) is 6.54 Å². The van der Waals surface area contributed by atoms with Gasteiger partial charge in [-0.05, 0) is 18.7 Å². The summed E-state index contributed by atoms with van der Waals surface area (Å²) in [4.78, 5) is 10.2. The summed E-state index contributed by atoms with van der Waals surface area (Å²) in [5.74, 6) is 0. The number of hydrogen-bond acceptors (Lipinski definition) is 4. The Morgan fingerprint density at radius 3 is 2.72 bits per heavy atom. The highest BCUT2D eigenvalue weighted by Gasteiger charge is 2.09. The van der Waals surface area contributed by atoms with E-state index in [0.717, 1.165) is 29.9 Å². The lowest BCUT2D eigenvalue weighted by Gasteiger charge is -2.03. The van der Waals surface area contributed by atoms with Crippen molar-refractivity contribution in [1.82, 2.24) is 15.5 Å². The molecule has 2 aromatic rings. The maximum absolute atomic E-state index is 10.6. The molecule has 0 atom stereocenters. The highest BCUT2D eigenvalue weighted by atomic mass is 16.6. The highest BCUT2D eigenvalue weighted by Crippen LogP contribution is 2.23. The third kappa shape index (κ3) is 2.54. The van der Waals surface area contributed by atoms with Crippen LogP contribution in [0.4, 0.5) is 5.69 Å². The van der Waals surface area contributed by atoms with Gasteiger partial charge in [-0.1, -0.05) is 6.92 Å². The lowest BCUT2D eigenvalue weighted by atomic mass is 10.1. The average Bonchev–Trinajstić information content (AvgIpc) is 2.84. The predicted molar refractivity (Wildman–Crippen MR) is 68.1 cm³/mol. The fourth-order valence-corrected chi connectivity index (χ4v) is 1.70. The molecule has 0 bridgehead atoms. The molecule has 0 aliphatic heterocycles. The van der Waals surface area contributed by atoms with E-state index in [1.807, 2.05) is 6.92 Å². The molecular formula is C12H14N4O2. The molecule has 0 amide bonds. The Labute approximate surface area is 104 Å². The molecule has 0 unspecified atom stereocenters. The van der Waals surface area contributed by atoms with Crippen molar-refractivity contribution in [2.45, 2.75) is 13.5 Å². The fraction of sp³-hybridized carbons (Fsp3) is 0.250. The van der Waals surface area contributed by atoms with E-state index in [4.69, 9.17) is 0 Å². The van der Waals surface area contributed by atoms with Gasteiger partial charge in [0, 0.05) is 29.8 Å². The normalized spacial score (nSPS) is 10.5. The third-order valence-corrected chi connectivity index (χ3v) is 2.65. The van der Waals surface area contributed by atoms with Crippen LogP contribution < -0.4 is 5.32 Å². The highest BCUT2D eigenvalue weighted by molar-refractivity contribution is 5.63. The molecule has 94 valence electrons. The first kappa shape index (κ1) is 12.3. The average molecular weight is 246 g/mol.